The van der Waals surface area contributed by atoms with E-state index >= 15 is 4.39 Å². The topological polar surface area (TPSA) is 106 Å². The number of halogens is 1. The van der Waals surface area contributed by atoms with E-state index in [1.54, 1.807) is 18.3 Å². The summed E-state index contributed by atoms with van der Waals surface area (Å²) < 4.78 is 61.1. The second-order valence-electron chi connectivity index (χ2n) is 10.1. The van der Waals surface area contributed by atoms with E-state index in [9.17, 15) is 8.42 Å². The average molecular weight is 572 g/mol. The number of nitrogens with zero attached hydrogens (tertiary/aromatic N) is 4. The molecule has 5 rings (SSSR count). The Morgan fingerprint density at radius 3 is 2.52 bits per heavy atom. The van der Waals surface area contributed by atoms with Crippen molar-refractivity contribution in [3.63, 3.8) is 0 Å². The lowest BCUT2D eigenvalue weighted by Crippen LogP contribution is -2.44. The van der Waals surface area contributed by atoms with Gasteiger partial charge in [-0.1, -0.05) is 12.1 Å². The van der Waals surface area contributed by atoms with Gasteiger partial charge < -0.3 is 19.1 Å². The number of hydrogen-bond donors (Lipinski definition) is 1. The molecule has 0 amide bonds. The second-order valence-corrected chi connectivity index (χ2v) is 11.8. The summed E-state index contributed by atoms with van der Waals surface area (Å²) in [6, 6.07) is 8.19. The number of pyridine rings is 2. The van der Waals surface area contributed by atoms with Gasteiger partial charge in [-0.25, -0.2) is 17.8 Å². The van der Waals surface area contributed by atoms with Gasteiger partial charge >= 0.3 is 0 Å². The summed E-state index contributed by atoms with van der Waals surface area (Å²) in [5, 5.41) is 0. The third kappa shape index (κ3) is 6.52. The van der Waals surface area contributed by atoms with Crippen molar-refractivity contribution in [2.45, 2.75) is 37.5 Å². The lowest BCUT2D eigenvalue weighted by Gasteiger charge is -2.35. The minimum atomic E-state index is -4.10. The SMILES string of the molecule is COc1ncc(N2CCOCC2)cc1S(=O)(=O)Nc1cncc(-c2ccc(CN3C[C@@H](C)O[C@@H](C)C3)cc2F)c1. The van der Waals surface area contributed by atoms with Crippen molar-refractivity contribution < 1.29 is 27.0 Å². The number of aromatic nitrogens is 2. The van der Waals surface area contributed by atoms with E-state index in [4.69, 9.17) is 14.2 Å². The van der Waals surface area contributed by atoms with Crippen molar-refractivity contribution in [2.24, 2.45) is 0 Å². The lowest BCUT2D eigenvalue weighted by molar-refractivity contribution is -0.0705. The fraction of sp³-hybridized carbons (Fsp3) is 0.429. The molecule has 0 aliphatic carbocycles. The van der Waals surface area contributed by atoms with Gasteiger partial charge in [0.2, 0.25) is 5.88 Å². The van der Waals surface area contributed by atoms with Crippen LogP contribution in [0.1, 0.15) is 19.4 Å². The van der Waals surface area contributed by atoms with Gasteiger partial charge in [-0.15, -0.1) is 0 Å². The van der Waals surface area contributed by atoms with E-state index in [2.05, 4.69) is 19.6 Å². The third-order valence-electron chi connectivity index (χ3n) is 6.90. The molecule has 2 atom stereocenters. The molecule has 0 saturated carbocycles. The number of ether oxygens (including phenoxy) is 3. The Kier molecular flexibility index (Phi) is 8.50. The largest absolute Gasteiger partial charge is 0.480 e. The first-order valence-electron chi connectivity index (χ1n) is 13.2. The molecule has 2 aromatic heterocycles. The third-order valence-corrected chi connectivity index (χ3v) is 8.28. The highest BCUT2D eigenvalue weighted by Crippen LogP contribution is 2.30. The quantitative estimate of drug-likeness (QED) is 0.435. The van der Waals surface area contributed by atoms with Crippen LogP contribution >= 0.6 is 0 Å². The zero-order chi connectivity index (χ0) is 28.3. The molecular weight excluding hydrogens is 537 g/mol. The molecule has 10 nitrogen and oxygen atoms in total. The lowest BCUT2D eigenvalue weighted by atomic mass is 10.0. The van der Waals surface area contributed by atoms with Crippen molar-refractivity contribution >= 4 is 21.4 Å². The monoisotopic (exact) mass is 571 g/mol. The van der Waals surface area contributed by atoms with Crippen LogP contribution in [0.25, 0.3) is 11.1 Å². The molecule has 0 spiro atoms. The molecule has 214 valence electrons. The van der Waals surface area contributed by atoms with Gasteiger partial charge in [-0.2, -0.15) is 0 Å². The van der Waals surface area contributed by atoms with Gasteiger partial charge in [0.25, 0.3) is 10.0 Å². The van der Waals surface area contributed by atoms with Gasteiger partial charge in [-0.05, 0) is 37.6 Å². The number of methoxy groups -OCH3 is 1. The molecule has 2 fully saturated rings. The summed E-state index contributed by atoms with van der Waals surface area (Å²) in [5.74, 6) is -0.433. The Hall–Kier alpha value is -3.32. The van der Waals surface area contributed by atoms with E-state index in [0.717, 1.165) is 18.7 Å². The molecule has 12 heteroatoms. The van der Waals surface area contributed by atoms with E-state index < -0.39 is 15.8 Å². The molecule has 4 heterocycles. The summed E-state index contributed by atoms with van der Waals surface area (Å²) in [6.07, 6.45) is 4.71. The number of rotatable bonds is 8. The van der Waals surface area contributed by atoms with Crippen molar-refractivity contribution in [1.82, 2.24) is 14.9 Å². The number of benzene rings is 1. The predicted octanol–water partition coefficient (Wildman–Crippen LogP) is 3.54. The van der Waals surface area contributed by atoms with Gasteiger partial charge in [0.05, 0.1) is 56.3 Å². The number of nitrogens with one attached hydrogen (secondary N) is 1. The first-order chi connectivity index (χ1) is 19.2. The minimum Gasteiger partial charge on any atom is -0.480 e. The summed E-state index contributed by atoms with van der Waals surface area (Å²) in [6.45, 7) is 8.62. The normalized spacial score (nSPS) is 20.4. The Morgan fingerprint density at radius 1 is 1.07 bits per heavy atom. The molecule has 2 saturated heterocycles. The molecule has 0 unspecified atom stereocenters. The van der Waals surface area contributed by atoms with Gasteiger partial charge in [0.1, 0.15) is 5.82 Å². The molecule has 40 heavy (non-hydrogen) atoms. The molecule has 0 radical (unpaired) electrons. The fourth-order valence-electron chi connectivity index (χ4n) is 5.18. The predicted molar refractivity (Wildman–Crippen MR) is 150 cm³/mol. The second kappa shape index (κ2) is 12.0. The highest BCUT2D eigenvalue weighted by molar-refractivity contribution is 7.92. The van der Waals surface area contributed by atoms with Gasteiger partial charge in [-0.3, -0.25) is 14.6 Å². The molecule has 3 aromatic rings. The van der Waals surface area contributed by atoms with Crippen molar-refractivity contribution in [3.8, 4) is 17.0 Å². The molecular formula is C28H34FN5O5S. The van der Waals surface area contributed by atoms with E-state index in [0.29, 0.717) is 49.7 Å². The smallest absolute Gasteiger partial charge is 0.267 e. The Balaban J connectivity index is 1.35. The van der Waals surface area contributed by atoms with Crippen LogP contribution in [0.3, 0.4) is 0 Å². The van der Waals surface area contributed by atoms with Crippen LogP contribution in [0.5, 0.6) is 5.88 Å². The zero-order valence-corrected chi connectivity index (χ0v) is 23.7. The van der Waals surface area contributed by atoms with Crippen LogP contribution in [-0.4, -0.2) is 82.0 Å². The maximum absolute atomic E-state index is 15.2. The summed E-state index contributed by atoms with van der Waals surface area (Å²) in [4.78, 5) is 12.5. The van der Waals surface area contributed by atoms with Crippen LogP contribution in [0.2, 0.25) is 0 Å². The number of hydrogen-bond acceptors (Lipinski definition) is 9. The van der Waals surface area contributed by atoms with Gasteiger partial charge in [0, 0.05) is 50.0 Å². The average Bonchev–Trinajstić information content (AvgIpc) is 2.92. The van der Waals surface area contributed by atoms with Crippen molar-refractivity contribution in [1.29, 1.82) is 0 Å². The summed E-state index contributed by atoms with van der Waals surface area (Å²) in [7, 11) is -2.74. The number of morpholine rings is 2. The highest BCUT2D eigenvalue weighted by Gasteiger charge is 2.25. The highest BCUT2D eigenvalue weighted by atomic mass is 32.2. The van der Waals surface area contributed by atoms with E-state index in [1.165, 1.54) is 31.6 Å². The number of sulfonamides is 1. The summed E-state index contributed by atoms with van der Waals surface area (Å²) in [5.41, 5.74) is 2.47. The summed E-state index contributed by atoms with van der Waals surface area (Å²) >= 11 is 0. The van der Waals surface area contributed by atoms with Gasteiger partial charge in [0.15, 0.2) is 4.90 Å². The van der Waals surface area contributed by atoms with E-state index in [-0.39, 0.29) is 28.7 Å². The maximum Gasteiger partial charge on any atom is 0.267 e. The molecule has 1 N–H and O–H groups in total. The van der Waals surface area contributed by atoms with Crippen LogP contribution in [-0.2, 0) is 26.0 Å². The van der Waals surface area contributed by atoms with Crippen LogP contribution in [0.4, 0.5) is 15.8 Å². The molecule has 2 aliphatic heterocycles. The fourth-order valence-corrected chi connectivity index (χ4v) is 6.35. The Morgan fingerprint density at radius 2 is 1.82 bits per heavy atom. The Labute approximate surface area is 234 Å². The first kappa shape index (κ1) is 28.2. The molecule has 1 aromatic carbocycles. The minimum absolute atomic E-state index is 0.0284. The molecule has 0 bridgehead atoms. The number of anilines is 2. The van der Waals surface area contributed by atoms with Crippen molar-refractivity contribution in [3.05, 3.63) is 60.3 Å². The van der Waals surface area contributed by atoms with Crippen molar-refractivity contribution in [2.75, 3.05) is 56.1 Å². The van der Waals surface area contributed by atoms with Crippen LogP contribution < -0.4 is 14.4 Å². The molecule has 2 aliphatic rings. The zero-order valence-electron chi connectivity index (χ0n) is 22.8. The van der Waals surface area contributed by atoms with Crippen LogP contribution in [0.15, 0.2) is 53.8 Å². The Bertz CT molecular complexity index is 1440. The standard InChI is InChI=1S/C28H34FN5O5S/c1-19-16-33(17-20(2)39-19)18-21-4-5-25(26(29)10-21)22-11-23(14-30-13-22)32-40(35,36)27-12-24(15-31-28(27)37-3)34-6-8-38-9-7-34/h4-5,10-15,19-20,32H,6-9,16-18H2,1-3H3/t19-,20+. The maximum atomic E-state index is 15.2. The van der Waals surface area contributed by atoms with E-state index in [1.807, 2.05) is 24.8 Å². The van der Waals surface area contributed by atoms with Crippen LogP contribution in [0, 0.1) is 5.82 Å². The first-order valence-corrected chi connectivity index (χ1v) is 14.7.